The van der Waals surface area contributed by atoms with Crippen LogP contribution >= 0.6 is 23.5 Å². The summed E-state index contributed by atoms with van der Waals surface area (Å²) in [6.45, 7) is 0. The van der Waals surface area contributed by atoms with Crippen LogP contribution in [0.4, 0.5) is 0 Å². The third-order valence-corrected chi connectivity index (χ3v) is 6.49. The average Bonchev–Trinajstić information content (AvgIpc) is 3.32. The molecule has 0 saturated carbocycles. The van der Waals surface area contributed by atoms with Crippen molar-refractivity contribution in [2.45, 2.75) is 34.7 Å². The first kappa shape index (κ1) is 20.3. The molecule has 0 bridgehead atoms. The van der Waals surface area contributed by atoms with Crippen molar-refractivity contribution in [1.82, 2.24) is 29.7 Å². The number of aryl methyl sites for hydroxylation is 2. The Hall–Kier alpha value is -2.98. The SMILES string of the molecule is Nn1c(CCc2nnc(SCc3ccccc3)n2N)nnc1SCc1ccccc1. The van der Waals surface area contributed by atoms with Gasteiger partial charge in [-0.15, -0.1) is 20.4 Å². The first-order valence-electron chi connectivity index (χ1n) is 9.43. The van der Waals surface area contributed by atoms with Crippen molar-refractivity contribution in [3.05, 3.63) is 83.4 Å². The van der Waals surface area contributed by atoms with Crippen LogP contribution in [0.1, 0.15) is 22.8 Å². The number of rotatable bonds is 9. The van der Waals surface area contributed by atoms with E-state index in [4.69, 9.17) is 11.7 Å². The van der Waals surface area contributed by atoms with Crippen molar-refractivity contribution in [3.63, 3.8) is 0 Å². The number of nitrogens with two attached hydrogens (primary N) is 2. The summed E-state index contributed by atoms with van der Waals surface area (Å²) in [5, 5.41) is 18.2. The van der Waals surface area contributed by atoms with Gasteiger partial charge in [0.1, 0.15) is 0 Å². The van der Waals surface area contributed by atoms with Gasteiger partial charge < -0.3 is 11.7 Å². The number of nitrogen functional groups attached to an aromatic ring is 2. The quantitative estimate of drug-likeness (QED) is 0.303. The minimum atomic E-state index is 0.577. The topological polar surface area (TPSA) is 113 Å². The van der Waals surface area contributed by atoms with E-state index in [-0.39, 0.29) is 0 Å². The first-order valence-corrected chi connectivity index (χ1v) is 11.4. The number of aromatic nitrogens is 6. The van der Waals surface area contributed by atoms with Crippen LogP contribution in [-0.2, 0) is 24.3 Å². The normalized spacial score (nSPS) is 11.1. The maximum atomic E-state index is 6.18. The Morgan fingerprint density at radius 1 is 0.600 bits per heavy atom. The summed E-state index contributed by atoms with van der Waals surface area (Å²) in [6, 6.07) is 20.4. The van der Waals surface area contributed by atoms with Gasteiger partial charge in [0, 0.05) is 24.3 Å². The highest BCUT2D eigenvalue weighted by Gasteiger charge is 2.14. The summed E-state index contributed by atoms with van der Waals surface area (Å²) in [6.07, 6.45) is 1.15. The van der Waals surface area contributed by atoms with Gasteiger partial charge in [-0.05, 0) is 11.1 Å². The van der Waals surface area contributed by atoms with E-state index in [0.29, 0.717) is 34.8 Å². The molecule has 0 aliphatic heterocycles. The van der Waals surface area contributed by atoms with Gasteiger partial charge in [-0.2, -0.15) is 0 Å². The van der Waals surface area contributed by atoms with Crippen molar-refractivity contribution >= 4 is 23.5 Å². The van der Waals surface area contributed by atoms with Crippen LogP contribution in [-0.4, -0.2) is 29.7 Å². The minimum Gasteiger partial charge on any atom is -0.336 e. The van der Waals surface area contributed by atoms with Crippen LogP contribution in [0.5, 0.6) is 0 Å². The molecule has 0 aliphatic rings. The summed E-state index contributed by atoms with van der Waals surface area (Å²) in [7, 11) is 0. The molecule has 0 amide bonds. The maximum Gasteiger partial charge on any atom is 0.210 e. The lowest BCUT2D eigenvalue weighted by atomic mass is 10.2. The van der Waals surface area contributed by atoms with Crippen LogP contribution in [0.15, 0.2) is 71.0 Å². The molecule has 0 unspecified atom stereocenters. The summed E-state index contributed by atoms with van der Waals surface area (Å²) in [5.41, 5.74) is 2.42. The molecule has 4 N–H and O–H groups in total. The molecule has 0 saturated heterocycles. The fourth-order valence-corrected chi connectivity index (χ4v) is 4.48. The number of hydrogen-bond acceptors (Lipinski definition) is 8. The predicted octanol–water partition coefficient (Wildman–Crippen LogP) is 2.67. The summed E-state index contributed by atoms with van der Waals surface area (Å²) >= 11 is 3.12. The average molecular weight is 439 g/mol. The van der Waals surface area contributed by atoms with Crippen molar-refractivity contribution in [1.29, 1.82) is 0 Å². The third-order valence-electron chi connectivity index (χ3n) is 4.46. The highest BCUT2D eigenvalue weighted by Crippen LogP contribution is 2.22. The standard InChI is InChI=1S/C20H22N8S2/c21-27-17(23-25-19(27)29-13-15-7-3-1-4-8-15)11-12-18-24-26-20(28(18)22)30-14-16-9-5-2-6-10-16/h1-10H,11-14,21-22H2. The highest BCUT2D eigenvalue weighted by molar-refractivity contribution is 7.98. The van der Waals surface area contributed by atoms with Gasteiger partial charge in [0.2, 0.25) is 10.3 Å². The van der Waals surface area contributed by atoms with Gasteiger partial charge in [0.05, 0.1) is 0 Å². The predicted molar refractivity (Wildman–Crippen MR) is 120 cm³/mol. The van der Waals surface area contributed by atoms with E-state index >= 15 is 0 Å². The molecule has 2 heterocycles. The van der Waals surface area contributed by atoms with Crippen LogP contribution in [0.25, 0.3) is 0 Å². The lowest BCUT2D eigenvalue weighted by Crippen LogP contribution is -2.18. The number of thioether (sulfide) groups is 2. The van der Waals surface area contributed by atoms with E-state index in [1.807, 2.05) is 36.4 Å². The second-order valence-electron chi connectivity index (χ2n) is 6.59. The zero-order valence-electron chi connectivity index (χ0n) is 16.3. The molecule has 0 atom stereocenters. The molecular formula is C20H22N8S2. The number of hydrogen-bond donors (Lipinski definition) is 2. The lowest BCUT2D eigenvalue weighted by Gasteiger charge is -2.05. The largest absolute Gasteiger partial charge is 0.336 e. The maximum absolute atomic E-state index is 6.18. The van der Waals surface area contributed by atoms with Gasteiger partial charge in [-0.3, -0.25) is 0 Å². The molecule has 154 valence electrons. The Morgan fingerprint density at radius 3 is 1.40 bits per heavy atom. The van der Waals surface area contributed by atoms with E-state index in [1.165, 1.54) is 20.5 Å². The fourth-order valence-electron chi connectivity index (χ4n) is 2.82. The summed E-state index contributed by atoms with van der Waals surface area (Å²) in [4.78, 5) is 0. The number of benzene rings is 2. The van der Waals surface area contributed by atoms with Crippen molar-refractivity contribution in [2.24, 2.45) is 0 Å². The monoisotopic (exact) mass is 438 g/mol. The summed E-state index contributed by atoms with van der Waals surface area (Å²) in [5.74, 6) is 15.3. The van der Waals surface area contributed by atoms with E-state index in [9.17, 15) is 0 Å². The molecule has 0 spiro atoms. The third kappa shape index (κ3) is 4.95. The lowest BCUT2D eigenvalue weighted by molar-refractivity contribution is 0.718. The zero-order valence-corrected chi connectivity index (χ0v) is 17.9. The molecule has 0 radical (unpaired) electrons. The van der Waals surface area contributed by atoms with Crippen molar-refractivity contribution in [3.8, 4) is 0 Å². The molecular weight excluding hydrogens is 416 g/mol. The van der Waals surface area contributed by atoms with E-state index < -0.39 is 0 Å². The second-order valence-corrected chi connectivity index (χ2v) is 8.47. The van der Waals surface area contributed by atoms with Gasteiger partial charge in [0.25, 0.3) is 0 Å². The molecule has 10 heteroatoms. The Bertz CT molecular complexity index is 991. The van der Waals surface area contributed by atoms with Gasteiger partial charge in [-0.1, -0.05) is 84.2 Å². The Morgan fingerprint density at radius 2 is 1.00 bits per heavy atom. The van der Waals surface area contributed by atoms with Gasteiger partial charge in [0.15, 0.2) is 11.6 Å². The molecule has 2 aromatic carbocycles. The van der Waals surface area contributed by atoms with E-state index in [0.717, 1.165) is 11.5 Å². The summed E-state index contributed by atoms with van der Waals surface area (Å²) < 4.78 is 3.08. The second kappa shape index (κ2) is 9.68. The number of nitrogens with zero attached hydrogens (tertiary/aromatic N) is 6. The fraction of sp³-hybridized carbons (Fsp3) is 0.200. The molecule has 4 rings (SSSR count). The molecule has 30 heavy (non-hydrogen) atoms. The Balaban J connectivity index is 1.32. The Kier molecular flexibility index (Phi) is 6.55. The molecule has 2 aromatic heterocycles. The Labute approximate surface area is 183 Å². The molecule has 8 nitrogen and oxygen atoms in total. The van der Waals surface area contributed by atoms with Crippen LogP contribution < -0.4 is 11.7 Å². The molecule has 4 aromatic rings. The van der Waals surface area contributed by atoms with E-state index in [2.05, 4.69) is 44.7 Å². The van der Waals surface area contributed by atoms with Gasteiger partial charge >= 0.3 is 0 Å². The van der Waals surface area contributed by atoms with Crippen LogP contribution in [0.3, 0.4) is 0 Å². The van der Waals surface area contributed by atoms with Crippen molar-refractivity contribution in [2.75, 3.05) is 11.7 Å². The van der Waals surface area contributed by atoms with Gasteiger partial charge in [-0.25, -0.2) is 9.35 Å². The highest BCUT2D eigenvalue weighted by atomic mass is 32.2. The zero-order chi connectivity index (χ0) is 20.8. The smallest absolute Gasteiger partial charge is 0.210 e. The first-order chi connectivity index (χ1) is 14.7. The molecule has 0 fully saturated rings. The van der Waals surface area contributed by atoms with Crippen molar-refractivity contribution < 1.29 is 0 Å². The molecule has 0 aliphatic carbocycles. The van der Waals surface area contributed by atoms with Crippen LogP contribution in [0, 0.1) is 0 Å². The van der Waals surface area contributed by atoms with E-state index in [1.54, 1.807) is 23.5 Å². The van der Waals surface area contributed by atoms with Crippen LogP contribution in [0.2, 0.25) is 0 Å². The minimum absolute atomic E-state index is 0.577.